The number of hydrogen-bond donors (Lipinski definition) is 2. The van der Waals surface area contributed by atoms with E-state index in [0.29, 0.717) is 12.8 Å². The second-order valence-electron chi connectivity index (χ2n) is 8.08. The molecule has 0 spiro atoms. The van der Waals surface area contributed by atoms with Crippen molar-refractivity contribution in [2.45, 2.75) is 59.3 Å². The van der Waals surface area contributed by atoms with Crippen molar-refractivity contribution in [2.24, 2.45) is 5.92 Å². The largest absolute Gasteiger partial charge is 0.372 e. The lowest BCUT2D eigenvalue weighted by molar-refractivity contribution is -0.134. The summed E-state index contributed by atoms with van der Waals surface area (Å²) in [7, 11) is 0. The summed E-state index contributed by atoms with van der Waals surface area (Å²) < 4.78 is 0. The Morgan fingerprint density at radius 3 is 2.06 bits per heavy atom. The molecule has 2 N–H and O–H groups in total. The summed E-state index contributed by atoms with van der Waals surface area (Å²) in [6.07, 6.45) is 3.54. The number of benzene rings is 1. The molecule has 0 radical (unpaired) electrons. The third-order valence-corrected chi connectivity index (χ3v) is 6.24. The number of piperazine rings is 1. The Hall–Kier alpha value is -1.92. The van der Waals surface area contributed by atoms with Crippen LogP contribution >= 0.6 is 0 Å². The van der Waals surface area contributed by atoms with Gasteiger partial charge in [-0.05, 0) is 42.9 Å². The molecule has 174 valence electrons. The maximum Gasteiger partial charge on any atom is 0.234 e. The van der Waals surface area contributed by atoms with Gasteiger partial charge in [0.15, 0.2) is 0 Å². The van der Waals surface area contributed by atoms with Gasteiger partial charge in [-0.15, -0.1) is 0 Å². The molecule has 1 aromatic carbocycles. The number of rotatable bonds is 4. The van der Waals surface area contributed by atoms with E-state index in [4.69, 9.17) is 0 Å². The lowest BCUT2D eigenvalue weighted by Crippen LogP contribution is -2.46. The van der Waals surface area contributed by atoms with Crippen molar-refractivity contribution in [3.8, 4) is 0 Å². The highest BCUT2D eigenvalue weighted by Gasteiger charge is 2.28. The highest BCUT2D eigenvalue weighted by molar-refractivity contribution is 6.00. The molecule has 3 heterocycles. The van der Waals surface area contributed by atoms with Gasteiger partial charge in [0, 0.05) is 57.9 Å². The van der Waals surface area contributed by atoms with Crippen LogP contribution in [-0.2, 0) is 9.59 Å². The first kappa shape index (κ1) is 25.3. The Kier molecular flexibility index (Phi) is 11.0. The molecule has 1 unspecified atom stereocenters. The molecule has 3 aliphatic heterocycles. The van der Waals surface area contributed by atoms with E-state index >= 15 is 0 Å². The topological polar surface area (TPSA) is 64.7 Å². The summed E-state index contributed by atoms with van der Waals surface area (Å²) in [4.78, 5) is 28.4. The van der Waals surface area contributed by atoms with Gasteiger partial charge in [0.2, 0.25) is 11.8 Å². The van der Waals surface area contributed by atoms with Crippen LogP contribution in [0.25, 0.3) is 0 Å². The van der Waals surface area contributed by atoms with E-state index in [-0.39, 0.29) is 17.7 Å². The monoisotopic (exact) mass is 430 g/mol. The van der Waals surface area contributed by atoms with Crippen LogP contribution in [0.15, 0.2) is 24.3 Å². The van der Waals surface area contributed by atoms with Crippen LogP contribution in [0.1, 0.15) is 64.9 Å². The molecule has 6 nitrogen and oxygen atoms in total. The number of amides is 2. The van der Waals surface area contributed by atoms with E-state index < -0.39 is 0 Å². The number of carbonyl (C=O) groups is 2. The van der Waals surface area contributed by atoms with Crippen molar-refractivity contribution in [2.75, 3.05) is 50.7 Å². The first-order chi connectivity index (χ1) is 15.2. The van der Waals surface area contributed by atoms with Crippen molar-refractivity contribution < 1.29 is 9.59 Å². The summed E-state index contributed by atoms with van der Waals surface area (Å²) >= 11 is 0. The average Bonchev–Trinajstić information content (AvgIpc) is 2.83. The van der Waals surface area contributed by atoms with Crippen molar-refractivity contribution in [1.82, 2.24) is 15.5 Å². The minimum absolute atomic E-state index is 0.156. The summed E-state index contributed by atoms with van der Waals surface area (Å²) in [6, 6.07) is 8.38. The van der Waals surface area contributed by atoms with Crippen molar-refractivity contribution in [3.63, 3.8) is 0 Å². The minimum Gasteiger partial charge on any atom is -0.372 e. The van der Waals surface area contributed by atoms with Gasteiger partial charge in [0.25, 0.3) is 0 Å². The summed E-state index contributed by atoms with van der Waals surface area (Å²) in [5, 5.41) is 5.87. The molecular weight excluding hydrogens is 388 g/mol. The SMILES string of the molecule is CC.CC.O=C1CCC(c2ccc(N3CCC(CN4CCNCC4)CC3)cc2)C(=O)N1. The smallest absolute Gasteiger partial charge is 0.234 e. The molecule has 3 aliphatic rings. The zero-order chi connectivity index (χ0) is 22.6. The lowest BCUT2D eigenvalue weighted by atomic mass is 9.90. The Morgan fingerprint density at radius 1 is 0.871 bits per heavy atom. The van der Waals surface area contributed by atoms with Crippen LogP contribution in [0.2, 0.25) is 0 Å². The van der Waals surface area contributed by atoms with Crippen LogP contribution in [0.3, 0.4) is 0 Å². The quantitative estimate of drug-likeness (QED) is 0.717. The number of anilines is 1. The Bertz CT molecular complexity index is 663. The molecule has 6 heteroatoms. The fourth-order valence-corrected chi connectivity index (χ4v) is 4.56. The second kappa shape index (κ2) is 13.5. The van der Waals surface area contributed by atoms with Crippen molar-refractivity contribution >= 4 is 17.5 Å². The van der Waals surface area contributed by atoms with Crippen molar-refractivity contribution in [1.29, 1.82) is 0 Å². The molecule has 0 saturated carbocycles. The maximum absolute atomic E-state index is 12.0. The maximum atomic E-state index is 12.0. The Morgan fingerprint density at radius 2 is 1.48 bits per heavy atom. The Balaban J connectivity index is 0.000000807. The molecule has 1 atom stereocenters. The summed E-state index contributed by atoms with van der Waals surface area (Å²) in [6.45, 7) is 16.1. The molecule has 0 aromatic heterocycles. The van der Waals surface area contributed by atoms with Crippen LogP contribution in [-0.4, -0.2) is 62.5 Å². The first-order valence-electron chi connectivity index (χ1n) is 12.3. The minimum atomic E-state index is -0.193. The first-order valence-corrected chi connectivity index (χ1v) is 12.3. The zero-order valence-electron chi connectivity index (χ0n) is 20.0. The standard InChI is InChI=1S/C21H30N4O2.2C2H6/c26-20-6-5-19(21(27)23-20)17-1-3-18(4-2-17)25-11-7-16(8-12-25)15-24-13-9-22-10-14-24;2*1-2/h1-4,16,19,22H,5-15H2,(H,23,26,27);2*1-2H3. The van der Waals surface area contributed by atoms with Gasteiger partial charge in [-0.2, -0.15) is 0 Å². The molecule has 3 fully saturated rings. The number of imide groups is 1. The number of nitrogens with one attached hydrogen (secondary N) is 2. The molecule has 4 rings (SSSR count). The van der Waals surface area contributed by atoms with E-state index in [0.717, 1.165) is 37.7 Å². The Labute approximate surface area is 188 Å². The summed E-state index contributed by atoms with van der Waals surface area (Å²) in [5.74, 6) is 0.299. The zero-order valence-corrected chi connectivity index (χ0v) is 20.0. The fourth-order valence-electron chi connectivity index (χ4n) is 4.56. The molecule has 31 heavy (non-hydrogen) atoms. The molecule has 1 aromatic rings. The predicted molar refractivity (Wildman–Crippen MR) is 129 cm³/mol. The number of piperidine rings is 2. The third-order valence-electron chi connectivity index (χ3n) is 6.24. The van der Waals surface area contributed by atoms with Gasteiger partial charge in [-0.1, -0.05) is 39.8 Å². The van der Waals surface area contributed by atoms with E-state index in [1.165, 1.54) is 38.2 Å². The molecular formula is C25H42N4O2. The normalized spacial score (nSPS) is 22.6. The molecule has 3 saturated heterocycles. The fraction of sp³-hybridized carbons (Fsp3) is 0.680. The van der Waals surface area contributed by atoms with Crippen molar-refractivity contribution in [3.05, 3.63) is 29.8 Å². The van der Waals surface area contributed by atoms with E-state index in [9.17, 15) is 9.59 Å². The van der Waals surface area contributed by atoms with Crippen LogP contribution in [0, 0.1) is 5.92 Å². The van der Waals surface area contributed by atoms with Crippen LogP contribution < -0.4 is 15.5 Å². The number of hydrogen-bond acceptors (Lipinski definition) is 5. The van der Waals surface area contributed by atoms with Gasteiger partial charge in [0.1, 0.15) is 0 Å². The molecule has 0 bridgehead atoms. The molecule has 2 amide bonds. The highest BCUT2D eigenvalue weighted by atomic mass is 16.2. The van der Waals surface area contributed by atoms with Gasteiger partial charge in [0.05, 0.1) is 5.92 Å². The number of nitrogens with zero attached hydrogens (tertiary/aromatic N) is 2. The third kappa shape index (κ3) is 7.32. The average molecular weight is 431 g/mol. The van der Waals surface area contributed by atoms with E-state index in [1.807, 2.05) is 27.7 Å². The van der Waals surface area contributed by atoms with Gasteiger partial charge >= 0.3 is 0 Å². The van der Waals surface area contributed by atoms with Gasteiger partial charge < -0.3 is 15.1 Å². The van der Waals surface area contributed by atoms with Gasteiger partial charge in [-0.3, -0.25) is 14.9 Å². The van der Waals surface area contributed by atoms with E-state index in [2.05, 4.69) is 44.7 Å². The van der Waals surface area contributed by atoms with Gasteiger partial charge in [-0.25, -0.2) is 0 Å². The van der Waals surface area contributed by atoms with E-state index in [1.54, 1.807) is 0 Å². The number of carbonyl (C=O) groups excluding carboxylic acids is 2. The summed E-state index contributed by atoms with van der Waals surface area (Å²) in [5.41, 5.74) is 2.25. The second-order valence-corrected chi connectivity index (χ2v) is 8.08. The lowest BCUT2D eigenvalue weighted by Gasteiger charge is -2.37. The molecule has 0 aliphatic carbocycles. The van der Waals surface area contributed by atoms with Crippen LogP contribution in [0.4, 0.5) is 5.69 Å². The predicted octanol–water partition coefficient (Wildman–Crippen LogP) is 3.38. The highest BCUT2D eigenvalue weighted by Crippen LogP contribution is 2.29. The van der Waals surface area contributed by atoms with Crippen LogP contribution in [0.5, 0.6) is 0 Å².